The van der Waals surface area contributed by atoms with E-state index in [1.165, 1.54) is 327 Å². The first kappa shape index (κ1) is 107. The molecule has 0 rings (SSSR count). The van der Waals surface area contributed by atoms with Gasteiger partial charge in [0, 0.05) is 25.7 Å². The Morgan fingerprint density at radius 2 is 0.367 bits per heavy atom. The molecule has 0 saturated carbocycles. The maximum atomic E-state index is 13.2. The largest absolute Gasteiger partial charge is 0.472 e. The van der Waals surface area contributed by atoms with E-state index in [0.717, 1.165) is 89.9 Å². The standard InChI is InChI=1S/C90H176O17P2/c1-5-9-13-17-21-25-29-32-35-38-41-42-44-47-50-53-57-61-65-69-73-77-90(95)107-86(81-101-88(93)75-71-67-63-59-55-51-48-46-43-39-36-33-30-26-22-18-14-10-6-2)83-105-109(98,99)103-79-84(91)78-102-108(96,97)104-82-85(80-100-87(92)74-70-66-62-58-54-28-24-20-16-12-8-4)106-89(94)76-72-68-64-60-56-52-49-45-40-37-34-31-27-23-19-15-11-7-3/h84-86,91H,5-83H2,1-4H3,(H,96,97)(H,98,99)/t84-,85+,86+/m0/s1. The second-order valence-corrected chi connectivity index (χ2v) is 35.3. The second-order valence-electron chi connectivity index (χ2n) is 32.3. The molecule has 3 N–H and O–H groups in total. The van der Waals surface area contributed by atoms with Gasteiger partial charge in [0.15, 0.2) is 12.2 Å². The average molecular weight is 1590 g/mol. The lowest BCUT2D eigenvalue weighted by Crippen LogP contribution is -2.30. The molecule has 0 spiro atoms. The van der Waals surface area contributed by atoms with Crippen LogP contribution in [0.5, 0.6) is 0 Å². The molecule has 0 heterocycles. The van der Waals surface area contributed by atoms with Crippen LogP contribution in [0, 0.1) is 0 Å². The minimum absolute atomic E-state index is 0.110. The van der Waals surface area contributed by atoms with Crippen LogP contribution in [0.2, 0.25) is 0 Å². The van der Waals surface area contributed by atoms with Crippen molar-refractivity contribution in [3.63, 3.8) is 0 Å². The van der Waals surface area contributed by atoms with Crippen molar-refractivity contribution >= 4 is 39.5 Å². The number of phosphoric ester groups is 2. The summed E-state index contributed by atoms with van der Waals surface area (Å²) in [5.41, 5.74) is 0. The highest BCUT2D eigenvalue weighted by Gasteiger charge is 2.30. The van der Waals surface area contributed by atoms with E-state index in [1.807, 2.05) is 0 Å². The lowest BCUT2D eigenvalue weighted by Gasteiger charge is -2.21. The molecule has 2 unspecified atom stereocenters. The highest BCUT2D eigenvalue weighted by Crippen LogP contribution is 2.45. The van der Waals surface area contributed by atoms with Gasteiger partial charge in [-0.1, -0.05) is 445 Å². The average Bonchev–Trinajstić information content (AvgIpc) is 0.905. The highest BCUT2D eigenvalue weighted by molar-refractivity contribution is 7.47. The van der Waals surface area contributed by atoms with Gasteiger partial charge in [-0.05, 0) is 25.7 Å². The van der Waals surface area contributed by atoms with E-state index in [4.69, 9.17) is 37.0 Å². The Kier molecular flexibility index (Phi) is 82.5. The molecule has 0 aromatic heterocycles. The number of aliphatic hydroxyl groups excluding tert-OH is 1. The number of ether oxygens (including phenoxy) is 4. The number of unbranched alkanes of at least 4 members (excludes halogenated alkanes) is 65. The minimum Gasteiger partial charge on any atom is -0.462 e. The molecule has 0 fully saturated rings. The smallest absolute Gasteiger partial charge is 0.462 e. The van der Waals surface area contributed by atoms with Crippen LogP contribution in [0.1, 0.15) is 496 Å². The van der Waals surface area contributed by atoms with Gasteiger partial charge in [-0.2, -0.15) is 0 Å². The first-order chi connectivity index (χ1) is 53.2. The number of carbonyl (C=O) groups is 4. The molecule has 0 saturated heterocycles. The number of esters is 4. The molecule has 0 bridgehead atoms. The van der Waals surface area contributed by atoms with Crippen LogP contribution in [0.15, 0.2) is 0 Å². The van der Waals surface area contributed by atoms with Crippen molar-refractivity contribution < 1.29 is 80.2 Å². The molecular formula is C90H176O17P2. The van der Waals surface area contributed by atoms with Crippen molar-refractivity contribution in [2.24, 2.45) is 0 Å². The van der Waals surface area contributed by atoms with Gasteiger partial charge in [0.25, 0.3) is 0 Å². The van der Waals surface area contributed by atoms with Crippen LogP contribution in [0.4, 0.5) is 0 Å². The fourth-order valence-electron chi connectivity index (χ4n) is 14.2. The van der Waals surface area contributed by atoms with Crippen molar-refractivity contribution in [3.8, 4) is 0 Å². The molecule has 0 aromatic rings. The third-order valence-electron chi connectivity index (χ3n) is 21.4. The van der Waals surface area contributed by atoms with Gasteiger partial charge in [0.2, 0.25) is 0 Å². The quantitative estimate of drug-likeness (QED) is 0.0222. The number of phosphoric acid groups is 2. The van der Waals surface area contributed by atoms with Gasteiger partial charge in [-0.3, -0.25) is 37.3 Å². The van der Waals surface area contributed by atoms with Gasteiger partial charge in [0.1, 0.15) is 19.3 Å². The summed E-state index contributed by atoms with van der Waals surface area (Å²) in [5.74, 6) is -2.09. The fraction of sp³-hybridized carbons (Fsp3) is 0.956. The van der Waals surface area contributed by atoms with Crippen LogP contribution in [-0.2, 0) is 65.4 Å². The van der Waals surface area contributed by atoms with Crippen LogP contribution < -0.4 is 0 Å². The molecule has 19 heteroatoms. The first-order valence-corrected chi connectivity index (χ1v) is 49.8. The van der Waals surface area contributed by atoms with Crippen molar-refractivity contribution in [2.45, 2.75) is 515 Å². The number of aliphatic hydroxyl groups is 1. The van der Waals surface area contributed by atoms with Crippen molar-refractivity contribution in [1.29, 1.82) is 0 Å². The molecular weight excluding hydrogens is 1410 g/mol. The molecule has 17 nitrogen and oxygen atoms in total. The maximum Gasteiger partial charge on any atom is 0.472 e. The number of hydrogen-bond acceptors (Lipinski definition) is 15. The summed E-state index contributed by atoms with van der Waals surface area (Å²) in [6.45, 7) is 5.08. The molecule has 0 radical (unpaired) electrons. The van der Waals surface area contributed by atoms with E-state index < -0.39 is 97.5 Å². The van der Waals surface area contributed by atoms with Gasteiger partial charge in [-0.15, -0.1) is 0 Å². The number of rotatable bonds is 91. The van der Waals surface area contributed by atoms with Gasteiger partial charge < -0.3 is 33.8 Å². The molecule has 0 aliphatic heterocycles. The van der Waals surface area contributed by atoms with E-state index in [9.17, 15) is 43.2 Å². The Hall–Kier alpha value is -1.94. The van der Waals surface area contributed by atoms with Crippen LogP contribution in [-0.4, -0.2) is 96.7 Å². The molecule has 0 aromatic carbocycles. The number of hydrogen-bond donors (Lipinski definition) is 3. The Labute approximate surface area is 670 Å². The summed E-state index contributed by atoms with van der Waals surface area (Å²) in [4.78, 5) is 73.4. The minimum atomic E-state index is -4.97. The van der Waals surface area contributed by atoms with Gasteiger partial charge in [-0.25, -0.2) is 9.13 Å². The predicted molar refractivity (Wildman–Crippen MR) is 451 cm³/mol. The second kappa shape index (κ2) is 84.0. The predicted octanol–water partition coefficient (Wildman–Crippen LogP) is 28.1. The Balaban J connectivity index is 5.23. The third kappa shape index (κ3) is 83.8. The molecule has 0 aliphatic rings. The van der Waals surface area contributed by atoms with E-state index in [1.54, 1.807) is 0 Å². The lowest BCUT2D eigenvalue weighted by molar-refractivity contribution is -0.161. The summed E-state index contributed by atoms with van der Waals surface area (Å²) in [6, 6.07) is 0. The van der Waals surface area contributed by atoms with Crippen molar-refractivity contribution in [1.82, 2.24) is 0 Å². The maximum absolute atomic E-state index is 13.2. The van der Waals surface area contributed by atoms with Crippen LogP contribution in [0.25, 0.3) is 0 Å². The Morgan fingerprint density at radius 1 is 0.220 bits per heavy atom. The van der Waals surface area contributed by atoms with Crippen molar-refractivity contribution in [2.75, 3.05) is 39.6 Å². The molecule has 648 valence electrons. The summed E-state index contributed by atoms with van der Waals surface area (Å²) < 4.78 is 69.0. The topological polar surface area (TPSA) is 237 Å². The monoisotopic (exact) mass is 1590 g/mol. The normalized spacial score (nSPS) is 13.6. The fourth-order valence-corrected chi connectivity index (χ4v) is 15.8. The Bertz CT molecular complexity index is 2050. The zero-order valence-electron chi connectivity index (χ0n) is 71.5. The van der Waals surface area contributed by atoms with E-state index in [2.05, 4.69) is 27.7 Å². The summed E-state index contributed by atoms with van der Waals surface area (Å²) in [6.07, 6.45) is 80.6. The van der Waals surface area contributed by atoms with Gasteiger partial charge >= 0.3 is 39.5 Å². The lowest BCUT2D eigenvalue weighted by atomic mass is 10.0. The Morgan fingerprint density at radius 3 is 0.541 bits per heavy atom. The van der Waals surface area contributed by atoms with Crippen LogP contribution in [0.3, 0.4) is 0 Å². The zero-order valence-corrected chi connectivity index (χ0v) is 73.3. The number of carbonyl (C=O) groups excluding carboxylic acids is 4. The molecule has 109 heavy (non-hydrogen) atoms. The third-order valence-corrected chi connectivity index (χ3v) is 23.3. The zero-order chi connectivity index (χ0) is 79.6. The summed E-state index contributed by atoms with van der Waals surface area (Å²) >= 11 is 0. The van der Waals surface area contributed by atoms with E-state index >= 15 is 0 Å². The van der Waals surface area contributed by atoms with E-state index in [-0.39, 0.29) is 25.7 Å². The molecule has 0 amide bonds. The van der Waals surface area contributed by atoms with Crippen LogP contribution >= 0.6 is 15.6 Å². The SMILES string of the molecule is CCCCCCCCCCCCCCCCCCCCCCCC(=O)O[C@H](COC(=O)CCCCCCCCCCCCCCCCCCCCC)COP(=O)(O)OC[C@@H](O)COP(=O)(O)OC[C@@H](COC(=O)CCCCCCCCCCCCC)OC(=O)CCCCCCCCCCCCCCCCCCCC. The first-order valence-electron chi connectivity index (χ1n) is 46.8. The van der Waals surface area contributed by atoms with Gasteiger partial charge in [0.05, 0.1) is 26.4 Å². The summed E-state index contributed by atoms with van der Waals surface area (Å²) in [5, 5.41) is 10.7. The molecule has 5 atom stereocenters. The van der Waals surface area contributed by atoms with E-state index in [0.29, 0.717) is 25.7 Å². The molecule has 0 aliphatic carbocycles. The van der Waals surface area contributed by atoms with Crippen molar-refractivity contribution in [3.05, 3.63) is 0 Å². The summed E-state index contributed by atoms with van der Waals surface area (Å²) in [7, 11) is -9.93. The highest BCUT2D eigenvalue weighted by atomic mass is 31.2.